The van der Waals surface area contributed by atoms with E-state index in [1.54, 1.807) is 24.4 Å². The Labute approximate surface area is 135 Å². The first-order valence-corrected chi connectivity index (χ1v) is 7.15. The molecular formula is C16H15FN5O2+. The number of aromatic amines is 1. The van der Waals surface area contributed by atoms with Gasteiger partial charge >= 0.3 is 5.90 Å². The molecule has 0 aliphatic heterocycles. The number of H-pyrrole nitrogens is 1. The number of benzene rings is 1. The van der Waals surface area contributed by atoms with Gasteiger partial charge in [-0.25, -0.2) is 13.9 Å². The van der Waals surface area contributed by atoms with Crippen LogP contribution in [0.15, 0.2) is 46.3 Å². The molecule has 0 atom stereocenters. The summed E-state index contributed by atoms with van der Waals surface area (Å²) >= 11 is 0. The summed E-state index contributed by atoms with van der Waals surface area (Å²) in [6.45, 7) is 1.43. The van der Waals surface area contributed by atoms with Gasteiger partial charge in [-0.05, 0) is 24.6 Å². The highest BCUT2D eigenvalue weighted by molar-refractivity contribution is 6.00. The fraction of sp³-hybridized carbons (Fsp3) is 0.125. The first-order valence-electron chi connectivity index (χ1n) is 7.15. The molecule has 7 nitrogen and oxygen atoms in total. The summed E-state index contributed by atoms with van der Waals surface area (Å²) in [4.78, 5) is 20.8. The molecule has 0 saturated heterocycles. The van der Waals surface area contributed by atoms with Crippen molar-refractivity contribution in [2.45, 2.75) is 13.3 Å². The van der Waals surface area contributed by atoms with E-state index in [1.807, 2.05) is 0 Å². The van der Waals surface area contributed by atoms with Crippen LogP contribution in [0.4, 0.5) is 4.39 Å². The quantitative estimate of drug-likeness (QED) is 0.428. The van der Waals surface area contributed by atoms with Crippen molar-refractivity contribution in [2.24, 2.45) is 4.99 Å². The van der Waals surface area contributed by atoms with Crippen molar-refractivity contribution in [2.75, 3.05) is 0 Å². The lowest BCUT2D eigenvalue weighted by atomic mass is 10.0. The molecule has 3 aromatic rings. The molecule has 0 fully saturated rings. The third-order valence-corrected chi connectivity index (χ3v) is 3.41. The van der Waals surface area contributed by atoms with Crippen LogP contribution in [-0.2, 0) is 6.42 Å². The number of fused-ring (bicyclic) bond motifs is 1. The Morgan fingerprint density at radius 3 is 2.96 bits per heavy atom. The lowest BCUT2D eigenvalue weighted by Gasteiger charge is -2.06. The first kappa shape index (κ1) is 15.6. The van der Waals surface area contributed by atoms with Gasteiger partial charge < -0.3 is 5.11 Å². The summed E-state index contributed by atoms with van der Waals surface area (Å²) in [7, 11) is 0. The largest absolute Gasteiger partial charge is 0.577 e. The average molecular weight is 328 g/mol. The zero-order valence-electron chi connectivity index (χ0n) is 12.8. The van der Waals surface area contributed by atoms with Gasteiger partial charge in [-0.1, -0.05) is 12.1 Å². The first-order chi connectivity index (χ1) is 11.5. The Bertz CT molecular complexity index is 1020. The van der Waals surface area contributed by atoms with Crippen LogP contribution in [0.3, 0.4) is 0 Å². The van der Waals surface area contributed by atoms with Crippen LogP contribution in [0.25, 0.3) is 5.65 Å². The van der Waals surface area contributed by atoms with Crippen molar-refractivity contribution in [3.8, 4) is 0 Å². The normalized spacial score (nSPS) is 11.8. The maximum absolute atomic E-state index is 13.4. The molecule has 0 amide bonds. The van der Waals surface area contributed by atoms with Crippen molar-refractivity contribution in [3.05, 3.63) is 69.5 Å². The molecule has 0 saturated carbocycles. The minimum Gasteiger partial charge on any atom is -0.577 e. The molecule has 8 heteroatoms. The van der Waals surface area contributed by atoms with Crippen molar-refractivity contribution in [1.82, 2.24) is 14.6 Å². The summed E-state index contributed by atoms with van der Waals surface area (Å²) in [5.74, 6) is -0.736. The van der Waals surface area contributed by atoms with Crippen LogP contribution in [-0.4, -0.2) is 31.4 Å². The van der Waals surface area contributed by atoms with Gasteiger partial charge in [-0.15, -0.1) is 4.99 Å². The van der Waals surface area contributed by atoms with Gasteiger partial charge in [-0.2, -0.15) is 0 Å². The highest BCUT2D eigenvalue weighted by Crippen LogP contribution is 2.13. The maximum atomic E-state index is 13.4. The van der Waals surface area contributed by atoms with Crippen LogP contribution in [0.2, 0.25) is 0 Å². The number of aliphatic imine (C=N–C) groups is 1. The number of nitrogens with one attached hydrogen (secondary N) is 2. The van der Waals surface area contributed by atoms with Gasteiger partial charge in [0, 0.05) is 18.7 Å². The molecule has 1 aromatic carbocycles. The number of hydrogen-bond donors (Lipinski definition) is 2. The van der Waals surface area contributed by atoms with Gasteiger partial charge in [-0.3, -0.25) is 15.3 Å². The minimum atomic E-state index is -0.404. The molecule has 0 bridgehead atoms. The van der Waals surface area contributed by atoms with Crippen LogP contribution in [0.5, 0.6) is 0 Å². The lowest BCUT2D eigenvalue weighted by molar-refractivity contribution is 0.551. The van der Waals surface area contributed by atoms with Gasteiger partial charge in [0.05, 0.1) is 5.56 Å². The molecule has 4 N–H and O–H groups in total. The number of aromatic nitrogens is 3. The Hall–Kier alpha value is -3.29. The third kappa shape index (κ3) is 2.94. The highest BCUT2D eigenvalue weighted by atomic mass is 19.1. The fourth-order valence-corrected chi connectivity index (χ4v) is 2.42. The molecule has 0 radical (unpaired) electrons. The predicted molar refractivity (Wildman–Crippen MR) is 88.6 cm³/mol. The van der Waals surface area contributed by atoms with Gasteiger partial charge in [0.25, 0.3) is 5.56 Å². The second kappa shape index (κ2) is 6.07. The van der Waals surface area contributed by atoms with E-state index in [1.165, 1.54) is 23.6 Å². The van der Waals surface area contributed by atoms with E-state index in [9.17, 15) is 9.18 Å². The van der Waals surface area contributed by atoms with E-state index >= 15 is 0 Å². The third-order valence-electron chi connectivity index (χ3n) is 3.41. The zero-order chi connectivity index (χ0) is 17.3. The van der Waals surface area contributed by atoms with Crippen LogP contribution >= 0.6 is 0 Å². The summed E-state index contributed by atoms with van der Waals surface area (Å²) in [6, 6.07) is 7.49. The molecule has 0 aliphatic rings. The Balaban J connectivity index is 2.21. The summed E-state index contributed by atoms with van der Waals surface area (Å²) in [6.07, 6.45) is 1.66. The molecule has 2 aromatic heterocycles. The second-order valence-electron chi connectivity index (χ2n) is 5.25. The summed E-state index contributed by atoms with van der Waals surface area (Å²) < 4.78 is 14.7. The van der Waals surface area contributed by atoms with E-state index in [0.29, 0.717) is 11.2 Å². The maximum Gasteiger partial charge on any atom is 0.385 e. The molecule has 0 unspecified atom stereocenters. The Morgan fingerprint density at radius 2 is 2.25 bits per heavy atom. The van der Waals surface area contributed by atoms with Gasteiger partial charge in [0.1, 0.15) is 11.7 Å². The van der Waals surface area contributed by atoms with E-state index in [0.717, 1.165) is 0 Å². The van der Waals surface area contributed by atoms with E-state index in [4.69, 9.17) is 10.5 Å². The van der Waals surface area contributed by atoms with E-state index < -0.39 is 5.82 Å². The van der Waals surface area contributed by atoms with Crippen molar-refractivity contribution < 1.29 is 9.50 Å². The van der Waals surface area contributed by atoms with Crippen molar-refractivity contribution in [3.63, 3.8) is 0 Å². The molecule has 0 aliphatic carbocycles. The molecule has 122 valence electrons. The van der Waals surface area contributed by atoms with Crippen molar-refractivity contribution >= 4 is 17.4 Å². The van der Waals surface area contributed by atoms with E-state index in [2.05, 4.69) is 15.1 Å². The average Bonchev–Trinajstić information content (AvgIpc) is 2.98. The highest BCUT2D eigenvalue weighted by Gasteiger charge is 2.21. The smallest absolute Gasteiger partial charge is 0.385 e. The number of halogens is 1. The topological polar surface area (TPSA) is 109 Å². The molecule has 3 rings (SSSR count). The fourth-order valence-electron chi connectivity index (χ4n) is 2.42. The van der Waals surface area contributed by atoms with Gasteiger partial charge in [0.15, 0.2) is 11.3 Å². The predicted octanol–water partition coefficient (Wildman–Crippen LogP) is 1.22. The molecular weight excluding hydrogens is 313 g/mol. The van der Waals surface area contributed by atoms with Crippen LogP contribution < -0.4 is 5.56 Å². The number of rotatable bonds is 3. The number of hydrogen-bond acceptors (Lipinski definition) is 3. The van der Waals surface area contributed by atoms with Crippen molar-refractivity contribution in [1.29, 1.82) is 5.41 Å². The lowest BCUT2D eigenvalue weighted by Crippen LogP contribution is -2.25. The number of amidine groups is 1. The van der Waals surface area contributed by atoms with Gasteiger partial charge in [0.2, 0.25) is 0 Å². The molecule has 0 spiro atoms. The standard InChI is InChI=1S/C16H14FN5O2/c1-9(18)20-15(23)14-12(8-10-3-2-4-11(17)7-10)16(24)22-13(21-14)5-6-19-22/h2-7,19H,8H2,1H3,(H2,18,20,23)/p+1. The SMILES string of the molecule is CC(=N)N=C([OH2+])c1nc2cc[nH]n2c(=O)c1Cc1cccc(F)c1. The second-order valence-corrected chi connectivity index (χ2v) is 5.25. The summed E-state index contributed by atoms with van der Waals surface area (Å²) in [5, 5.41) is 18.2. The minimum absolute atomic E-state index is 0.0622. The van der Waals surface area contributed by atoms with E-state index in [-0.39, 0.29) is 35.0 Å². The number of nitrogens with zero attached hydrogens (tertiary/aromatic N) is 3. The van der Waals surface area contributed by atoms with Crippen LogP contribution in [0, 0.1) is 11.2 Å². The Morgan fingerprint density at radius 1 is 1.46 bits per heavy atom. The molecule has 2 heterocycles. The zero-order valence-corrected chi connectivity index (χ0v) is 12.8. The molecule has 24 heavy (non-hydrogen) atoms. The Kier molecular flexibility index (Phi) is 3.95. The monoisotopic (exact) mass is 328 g/mol. The van der Waals surface area contributed by atoms with Crippen LogP contribution in [0.1, 0.15) is 23.7 Å². The summed E-state index contributed by atoms with van der Waals surface area (Å²) in [5.41, 5.74) is 0.861.